The molecule has 6 nitrogen and oxygen atoms in total. The van der Waals surface area contributed by atoms with Crippen LogP contribution in [-0.4, -0.2) is 23.1 Å². The third-order valence-electron chi connectivity index (χ3n) is 5.63. The van der Waals surface area contributed by atoms with Gasteiger partial charge in [0, 0.05) is 11.1 Å². The zero-order chi connectivity index (χ0) is 24.2. The molecule has 2 N–H and O–H groups in total. The molecule has 1 amide bonds. The number of fused-ring (bicyclic) bond motifs is 1. The standard InChI is InChI=1S/C26H24ClN3O3S/c1-4-15(2)17-8-12-23-22(13-17)28-25(33-23)18-7-11-20(27)21(14-18)29-26(34)30-24(31)16-5-9-19(32-3)10-6-16/h5-15H,4H2,1-3H3,(H2,29,30,31,34)/t15-/m0/s1. The monoisotopic (exact) mass is 493 g/mol. The lowest BCUT2D eigenvalue weighted by molar-refractivity contribution is 0.0977. The van der Waals surface area contributed by atoms with Gasteiger partial charge in [-0.3, -0.25) is 10.1 Å². The number of halogens is 1. The lowest BCUT2D eigenvalue weighted by Crippen LogP contribution is -2.34. The summed E-state index contributed by atoms with van der Waals surface area (Å²) in [7, 11) is 1.57. The van der Waals surface area contributed by atoms with E-state index in [1.165, 1.54) is 5.56 Å². The average Bonchev–Trinajstić information content (AvgIpc) is 3.28. The molecular weight excluding hydrogens is 470 g/mol. The Hall–Kier alpha value is -3.42. The van der Waals surface area contributed by atoms with E-state index in [9.17, 15) is 4.79 Å². The predicted octanol–water partition coefficient (Wildman–Crippen LogP) is 6.80. The van der Waals surface area contributed by atoms with Crippen molar-refractivity contribution in [2.75, 3.05) is 12.4 Å². The Bertz CT molecular complexity index is 1350. The molecule has 0 aliphatic carbocycles. The number of methoxy groups -OCH3 is 1. The predicted molar refractivity (Wildman–Crippen MR) is 140 cm³/mol. The van der Waals surface area contributed by atoms with E-state index in [1.54, 1.807) is 43.5 Å². The van der Waals surface area contributed by atoms with Crippen molar-refractivity contribution in [3.63, 3.8) is 0 Å². The van der Waals surface area contributed by atoms with Crippen LogP contribution in [-0.2, 0) is 0 Å². The number of hydrogen-bond acceptors (Lipinski definition) is 5. The minimum Gasteiger partial charge on any atom is -0.497 e. The highest BCUT2D eigenvalue weighted by Gasteiger charge is 2.14. The van der Waals surface area contributed by atoms with E-state index in [-0.39, 0.29) is 11.0 Å². The van der Waals surface area contributed by atoms with Crippen molar-refractivity contribution in [1.29, 1.82) is 0 Å². The number of thiocarbonyl (C=S) groups is 1. The van der Waals surface area contributed by atoms with Gasteiger partial charge in [0.1, 0.15) is 11.3 Å². The Morgan fingerprint density at radius 3 is 2.62 bits per heavy atom. The van der Waals surface area contributed by atoms with Crippen molar-refractivity contribution in [3.8, 4) is 17.2 Å². The number of amides is 1. The lowest BCUT2D eigenvalue weighted by Gasteiger charge is -2.12. The van der Waals surface area contributed by atoms with Gasteiger partial charge in [-0.15, -0.1) is 0 Å². The summed E-state index contributed by atoms with van der Waals surface area (Å²) < 4.78 is 11.1. The molecule has 1 heterocycles. The number of anilines is 1. The van der Waals surface area contributed by atoms with Crippen LogP contribution in [0.5, 0.6) is 5.75 Å². The van der Waals surface area contributed by atoms with Crippen molar-refractivity contribution in [1.82, 2.24) is 10.3 Å². The molecule has 174 valence electrons. The van der Waals surface area contributed by atoms with Crippen LogP contribution in [0.3, 0.4) is 0 Å². The van der Waals surface area contributed by atoms with Gasteiger partial charge in [-0.05, 0) is 84.7 Å². The SMILES string of the molecule is CC[C@H](C)c1ccc2oc(-c3ccc(Cl)c(NC(=S)NC(=O)c4ccc(OC)cc4)c3)nc2c1. The smallest absolute Gasteiger partial charge is 0.257 e. The molecule has 4 aromatic rings. The molecule has 0 radical (unpaired) electrons. The fourth-order valence-corrected chi connectivity index (χ4v) is 3.80. The van der Waals surface area contributed by atoms with E-state index in [0.717, 1.165) is 17.5 Å². The van der Waals surface area contributed by atoms with Gasteiger partial charge in [0.15, 0.2) is 10.7 Å². The number of nitrogens with one attached hydrogen (secondary N) is 2. The zero-order valence-corrected chi connectivity index (χ0v) is 20.6. The highest BCUT2D eigenvalue weighted by atomic mass is 35.5. The molecule has 4 rings (SSSR count). The third-order valence-corrected chi connectivity index (χ3v) is 6.17. The number of aromatic nitrogens is 1. The minimum absolute atomic E-state index is 0.121. The van der Waals surface area contributed by atoms with Crippen molar-refractivity contribution < 1.29 is 13.9 Å². The van der Waals surface area contributed by atoms with Crippen LogP contribution in [0.1, 0.15) is 42.1 Å². The Kier molecular flexibility index (Phi) is 7.14. The van der Waals surface area contributed by atoms with Crippen LogP contribution in [0.25, 0.3) is 22.6 Å². The van der Waals surface area contributed by atoms with Crippen LogP contribution in [0.4, 0.5) is 5.69 Å². The third kappa shape index (κ3) is 5.21. The number of rotatable bonds is 6. The first-order valence-corrected chi connectivity index (χ1v) is 11.6. The minimum atomic E-state index is -0.344. The molecule has 1 aromatic heterocycles. The molecule has 0 saturated heterocycles. The highest BCUT2D eigenvalue weighted by Crippen LogP contribution is 2.31. The van der Waals surface area contributed by atoms with Crippen LogP contribution in [0, 0.1) is 0 Å². The molecule has 8 heteroatoms. The van der Waals surface area contributed by atoms with Gasteiger partial charge in [-0.1, -0.05) is 31.5 Å². The van der Waals surface area contributed by atoms with E-state index in [1.807, 2.05) is 12.1 Å². The maximum Gasteiger partial charge on any atom is 0.257 e. The van der Waals surface area contributed by atoms with Crippen LogP contribution in [0.15, 0.2) is 65.1 Å². The number of carbonyl (C=O) groups is 1. The van der Waals surface area contributed by atoms with Crippen molar-refractivity contribution in [2.45, 2.75) is 26.2 Å². The van der Waals surface area contributed by atoms with Crippen molar-refractivity contribution >= 4 is 51.6 Å². The summed E-state index contributed by atoms with van der Waals surface area (Å²) in [4.78, 5) is 17.1. The lowest BCUT2D eigenvalue weighted by atomic mass is 9.98. The van der Waals surface area contributed by atoms with E-state index in [4.69, 9.17) is 33.0 Å². The summed E-state index contributed by atoms with van der Waals surface area (Å²) in [5.74, 6) is 1.24. The first-order chi connectivity index (χ1) is 16.4. The average molecular weight is 494 g/mol. The summed E-state index contributed by atoms with van der Waals surface area (Å²) >= 11 is 11.7. The zero-order valence-electron chi connectivity index (χ0n) is 19.0. The second-order valence-corrected chi connectivity index (χ2v) is 8.70. The van der Waals surface area contributed by atoms with Gasteiger partial charge < -0.3 is 14.5 Å². The van der Waals surface area contributed by atoms with Gasteiger partial charge in [-0.2, -0.15) is 0 Å². The second-order valence-electron chi connectivity index (χ2n) is 7.89. The van der Waals surface area contributed by atoms with E-state index in [0.29, 0.717) is 39.4 Å². The Balaban J connectivity index is 1.51. The molecule has 1 atom stereocenters. The summed E-state index contributed by atoms with van der Waals surface area (Å²) in [6, 6.07) is 18.2. The molecule has 0 aliphatic heterocycles. The molecule has 0 aliphatic rings. The number of nitrogens with zero attached hydrogens (tertiary/aromatic N) is 1. The van der Waals surface area contributed by atoms with Crippen molar-refractivity contribution in [2.24, 2.45) is 0 Å². The first kappa shape index (κ1) is 23.7. The van der Waals surface area contributed by atoms with Gasteiger partial charge in [0.25, 0.3) is 5.91 Å². The van der Waals surface area contributed by atoms with Gasteiger partial charge in [0.05, 0.1) is 17.8 Å². The summed E-state index contributed by atoms with van der Waals surface area (Å²) in [6.45, 7) is 4.35. The molecule has 34 heavy (non-hydrogen) atoms. The summed E-state index contributed by atoms with van der Waals surface area (Å²) in [5.41, 5.74) is 4.46. The maximum absolute atomic E-state index is 12.5. The molecule has 0 saturated carbocycles. The van der Waals surface area contributed by atoms with E-state index < -0.39 is 0 Å². The maximum atomic E-state index is 12.5. The first-order valence-electron chi connectivity index (χ1n) is 10.8. The second kappa shape index (κ2) is 10.2. The van der Waals surface area contributed by atoms with Crippen LogP contribution in [0.2, 0.25) is 5.02 Å². The van der Waals surface area contributed by atoms with Crippen molar-refractivity contribution in [3.05, 3.63) is 76.8 Å². The van der Waals surface area contributed by atoms with Gasteiger partial charge in [-0.25, -0.2) is 4.98 Å². The number of benzene rings is 3. The van der Waals surface area contributed by atoms with E-state index >= 15 is 0 Å². The molecule has 0 bridgehead atoms. The molecule has 0 fully saturated rings. The topological polar surface area (TPSA) is 76.4 Å². The highest BCUT2D eigenvalue weighted by molar-refractivity contribution is 7.80. The molecular formula is C26H24ClN3O3S. The van der Waals surface area contributed by atoms with Crippen LogP contribution < -0.4 is 15.4 Å². The number of hydrogen-bond donors (Lipinski definition) is 2. The quantitative estimate of drug-likeness (QED) is 0.288. The van der Waals surface area contributed by atoms with Crippen LogP contribution >= 0.6 is 23.8 Å². The number of carbonyl (C=O) groups excluding carboxylic acids is 1. The molecule has 0 unspecified atom stereocenters. The largest absolute Gasteiger partial charge is 0.497 e. The normalized spacial score (nSPS) is 11.8. The Morgan fingerprint density at radius 1 is 1.15 bits per heavy atom. The molecule has 3 aromatic carbocycles. The Morgan fingerprint density at radius 2 is 1.91 bits per heavy atom. The number of oxazole rings is 1. The fourth-order valence-electron chi connectivity index (χ4n) is 3.44. The summed E-state index contributed by atoms with van der Waals surface area (Å²) in [6.07, 6.45) is 1.05. The van der Waals surface area contributed by atoms with Gasteiger partial charge >= 0.3 is 0 Å². The molecule has 0 spiro atoms. The Labute approximate surface area is 208 Å². The summed E-state index contributed by atoms with van der Waals surface area (Å²) in [5, 5.41) is 6.20. The number of ether oxygens (including phenoxy) is 1. The van der Waals surface area contributed by atoms with E-state index in [2.05, 4.69) is 41.6 Å². The fraction of sp³-hybridized carbons (Fsp3) is 0.192. The van der Waals surface area contributed by atoms with Gasteiger partial charge in [0.2, 0.25) is 5.89 Å².